The van der Waals surface area contributed by atoms with Gasteiger partial charge in [0.25, 0.3) is 0 Å². The van der Waals surface area contributed by atoms with Gasteiger partial charge in [-0.15, -0.1) is 0 Å². The Bertz CT molecular complexity index is 252. The van der Waals surface area contributed by atoms with Gasteiger partial charge < -0.3 is 15.3 Å². The maximum atomic E-state index is 11.9. The molecule has 0 aromatic carbocycles. The highest BCUT2D eigenvalue weighted by molar-refractivity contribution is 5.74. The monoisotopic (exact) mass is 256 g/mol. The molecule has 1 aliphatic carbocycles. The Morgan fingerprint density at radius 3 is 2.56 bits per heavy atom. The molecule has 0 saturated heterocycles. The average molecular weight is 256 g/mol. The normalized spacial score (nSPS) is 17.4. The van der Waals surface area contributed by atoms with Crippen molar-refractivity contribution in [2.45, 2.75) is 52.0 Å². The standard InChI is InChI=1S/C14H28N2O2/c1-11(2)9-12(7-8-17)10-15-14(18)16(3)13-5-4-6-13/h11-13,17H,4-10H2,1-3H3,(H,15,18). The lowest BCUT2D eigenvalue weighted by Crippen LogP contribution is -2.47. The minimum absolute atomic E-state index is 0.0337. The van der Waals surface area contributed by atoms with Crippen molar-refractivity contribution in [3.63, 3.8) is 0 Å². The van der Waals surface area contributed by atoms with E-state index in [1.54, 1.807) is 0 Å². The highest BCUT2D eigenvalue weighted by Crippen LogP contribution is 2.23. The summed E-state index contributed by atoms with van der Waals surface area (Å²) in [6.07, 6.45) is 5.33. The predicted molar refractivity (Wildman–Crippen MR) is 73.4 cm³/mol. The molecule has 1 saturated carbocycles. The summed E-state index contributed by atoms with van der Waals surface area (Å²) < 4.78 is 0. The summed E-state index contributed by atoms with van der Waals surface area (Å²) in [5.41, 5.74) is 0. The van der Waals surface area contributed by atoms with E-state index in [-0.39, 0.29) is 12.6 Å². The van der Waals surface area contributed by atoms with Gasteiger partial charge in [-0.25, -0.2) is 4.79 Å². The van der Waals surface area contributed by atoms with Crippen molar-refractivity contribution >= 4 is 6.03 Å². The second-order valence-corrected chi connectivity index (χ2v) is 5.89. The van der Waals surface area contributed by atoms with Crippen LogP contribution in [0.3, 0.4) is 0 Å². The Hall–Kier alpha value is -0.770. The molecule has 106 valence electrons. The number of nitrogens with zero attached hydrogens (tertiary/aromatic N) is 1. The van der Waals surface area contributed by atoms with E-state index in [1.807, 2.05) is 11.9 Å². The largest absolute Gasteiger partial charge is 0.396 e. The Morgan fingerprint density at radius 2 is 2.11 bits per heavy atom. The number of hydrogen-bond donors (Lipinski definition) is 2. The van der Waals surface area contributed by atoms with Crippen molar-refractivity contribution < 1.29 is 9.90 Å². The number of amides is 2. The van der Waals surface area contributed by atoms with Gasteiger partial charge in [0.1, 0.15) is 0 Å². The van der Waals surface area contributed by atoms with Gasteiger partial charge in [0.15, 0.2) is 0 Å². The van der Waals surface area contributed by atoms with E-state index in [9.17, 15) is 4.79 Å². The van der Waals surface area contributed by atoms with Crippen molar-refractivity contribution in [1.29, 1.82) is 0 Å². The second-order valence-electron chi connectivity index (χ2n) is 5.89. The molecule has 2 amide bonds. The molecule has 2 N–H and O–H groups in total. The number of hydrogen-bond acceptors (Lipinski definition) is 2. The minimum atomic E-state index is 0.0337. The van der Waals surface area contributed by atoms with E-state index in [2.05, 4.69) is 19.2 Å². The summed E-state index contributed by atoms with van der Waals surface area (Å²) in [5.74, 6) is 0.983. The van der Waals surface area contributed by atoms with Crippen LogP contribution in [0, 0.1) is 11.8 Å². The van der Waals surface area contributed by atoms with E-state index in [0.717, 1.165) is 25.7 Å². The molecular weight excluding hydrogens is 228 g/mol. The number of rotatable bonds is 7. The van der Waals surface area contributed by atoms with Crippen LogP contribution in [-0.2, 0) is 0 Å². The van der Waals surface area contributed by atoms with Crippen LogP contribution in [0.5, 0.6) is 0 Å². The molecule has 0 heterocycles. The molecule has 4 heteroatoms. The zero-order valence-corrected chi connectivity index (χ0v) is 12.0. The molecule has 1 fully saturated rings. The fraction of sp³-hybridized carbons (Fsp3) is 0.929. The van der Waals surface area contributed by atoms with Crippen molar-refractivity contribution in [3.05, 3.63) is 0 Å². The van der Waals surface area contributed by atoms with Crippen molar-refractivity contribution in [2.75, 3.05) is 20.2 Å². The van der Waals surface area contributed by atoms with Gasteiger partial charge >= 0.3 is 6.03 Å². The lowest BCUT2D eigenvalue weighted by Gasteiger charge is -2.35. The molecule has 1 aliphatic rings. The first-order chi connectivity index (χ1) is 8.54. The van der Waals surface area contributed by atoms with Gasteiger partial charge in [0.2, 0.25) is 0 Å². The zero-order chi connectivity index (χ0) is 13.5. The predicted octanol–water partition coefficient (Wildman–Crippen LogP) is 2.22. The molecule has 0 aliphatic heterocycles. The van der Waals surface area contributed by atoms with Crippen molar-refractivity contribution in [2.24, 2.45) is 11.8 Å². The highest BCUT2D eigenvalue weighted by atomic mass is 16.3. The number of carbonyl (C=O) groups excluding carboxylic acids is 1. The van der Waals surface area contributed by atoms with E-state index in [0.29, 0.717) is 24.4 Å². The van der Waals surface area contributed by atoms with Gasteiger partial charge in [-0.1, -0.05) is 13.8 Å². The van der Waals surface area contributed by atoms with Crippen molar-refractivity contribution in [3.8, 4) is 0 Å². The number of aliphatic hydroxyl groups is 1. The van der Waals surface area contributed by atoms with Gasteiger partial charge in [-0.05, 0) is 43.9 Å². The summed E-state index contributed by atoms with van der Waals surface area (Å²) in [6.45, 7) is 5.22. The summed E-state index contributed by atoms with van der Waals surface area (Å²) in [7, 11) is 1.88. The molecule has 1 unspecified atom stereocenters. The average Bonchev–Trinajstić information content (AvgIpc) is 2.22. The fourth-order valence-electron chi connectivity index (χ4n) is 2.45. The molecule has 4 nitrogen and oxygen atoms in total. The molecule has 1 atom stereocenters. The summed E-state index contributed by atoms with van der Waals surface area (Å²) >= 11 is 0. The lowest BCUT2D eigenvalue weighted by atomic mass is 9.92. The number of aliphatic hydroxyl groups excluding tert-OH is 1. The van der Waals surface area contributed by atoms with Gasteiger partial charge in [-0.3, -0.25) is 0 Å². The maximum Gasteiger partial charge on any atom is 0.317 e. The van der Waals surface area contributed by atoms with Crippen LogP contribution >= 0.6 is 0 Å². The van der Waals surface area contributed by atoms with Crippen LogP contribution in [0.15, 0.2) is 0 Å². The number of nitrogens with one attached hydrogen (secondary N) is 1. The molecular formula is C14H28N2O2. The maximum absolute atomic E-state index is 11.9. The molecule has 0 aromatic heterocycles. The first-order valence-corrected chi connectivity index (χ1v) is 7.16. The quantitative estimate of drug-likeness (QED) is 0.734. The SMILES string of the molecule is CC(C)CC(CCO)CNC(=O)N(C)C1CCC1. The van der Waals surface area contributed by atoms with Gasteiger partial charge in [0.05, 0.1) is 0 Å². The smallest absolute Gasteiger partial charge is 0.317 e. The number of carbonyl (C=O) groups is 1. The Balaban J connectivity index is 2.28. The third kappa shape index (κ3) is 4.84. The van der Waals surface area contributed by atoms with Gasteiger partial charge in [-0.2, -0.15) is 0 Å². The highest BCUT2D eigenvalue weighted by Gasteiger charge is 2.25. The minimum Gasteiger partial charge on any atom is -0.396 e. The first-order valence-electron chi connectivity index (χ1n) is 7.16. The molecule has 0 radical (unpaired) electrons. The van der Waals surface area contributed by atoms with Crippen LogP contribution < -0.4 is 5.32 Å². The Morgan fingerprint density at radius 1 is 1.44 bits per heavy atom. The lowest BCUT2D eigenvalue weighted by molar-refractivity contribution is 0.154. The molecule has 0 spiro atoms. The van der Waals surface area contributed by atoms with E-state index in [1.165, 1.54) is 6.42 Å². The van der Waals surface area contributed by atoms with Crippen LogP contribution in [-0.4, -0.2) is 42.3 Å². The third-order valence-electron chi connectivity index (χ3n) is 3.83. The van der Waals surface area contributed by atoms with Crippen LogP contribution in [0.25, 0.3) is 0 Å². The van der Waals surface area contributed by atoms with Crippen LogP contribution in [0.2, 0.25) is 0 Å². The van der Waals surface area contributed by atoms with Crippen LogP contribution in [0.4, 0.5) is 4.79 Å². The third-order valence-corrected chi connectivity index (χ3v) is 3.83. The van der Waals surface area contributed by atoms with Crippen molar-refractivity contribution in [1.82, 2.24) is 10.2 Å². The van der Waals surface area contributed by atoms with Crippen LogP contribution in [0.1, 0.15) is 46.0 Å². The van der Waals surface area contributed by atoms with E-state index >= 15 is 0 Å². The first kappa shape index (κ1) is 15.3. The molecule has 1 rings (SSSR count). The second kappa shape index (κ2) is 7.62. The molecule has 18 heavy (non-hydrogen) atoms. The van der Waals surface area contributed by atoms with E-state index < -0.39 is 0 Å². The number of urea groups is 1. The van der Waals surface area contributed by atoms with E-state index in [4.69, 9.17) is 5.11 Å². The Labute approximate surface area is 111 Å². The summed E-state index contributed by atoms with van der Waals surface area (Å²) in [5, 5.41) is 12.0. The topological polar surface area (TPSA) is 52.6 Å². The summed E-state index contributed by atoms with van der Waals surface area (Å²) in [4.78, 5) is 13.8. The zero-order valence-electron chi connectivity index (χ0n) is 12.0. The summed E-state index contributed by atoms with van der Waals surface area (Å²) in [6, 6.07) is 0.470. The molecule has 0 bridgehead atoms. The van der Waals surface area contributed by atoms with Gasteiger partial charge in [0, 0.05) is 26.2 Å². The molecule has 0 aromatic rings. The fourth-order valence-corrected chi connectivity index (χ4v) is 2.45. The Kier molecular flexibility index (Phi) is 6.47.